The van der Waals surface area contributed by atoms with Crippen molar-refractivity contribution in [3.8, 4) is 5.75 Å². The number of rotatable bonds is 4. The van der Waals surface area contributed by atoms with Gasteiger partial charge in [-0.3, -0.25) is 4.79 Å². The highest BCUT2D eigenvalue weighted by Crippen LogP contribution is 2.38. The third kappa shape index (κ3) is 4.66. The minimum atomic E-state index is -0.692. The van der Waals surface area contributed by atoms with Gasteiger partial charge < -0.3 is 24.6 Å². The van der Waals surface area contributed by atoms with Crippen LogP contribution in [-0.2, 0) is 21.6 Å². The molecular weight excluding hydrogens is 418 g/mol. The van der Waals surface area contributed by atoms with Gasteiger partial charge in [0.25, 0.3) is 0 Å². The third-order valence-electron chi connectivity index (χ3n) is 5.43. The van der Waals surface area contributed by atoms with Gasteiger partial charge in [0.05, 0.1) is 24.9 Å². The van der Waals surface area contributed by atoms with E-state index < -0.39 is 11.5 Å². The monoisotopic (exact) mass is 445 g/mol. The lowest BCUT2D eigenvalue weighted by Gasteiger charge is -2.37. The maximum absolute atomic E-state index is 13.2. The Morgan fingerprint density at radius 1 is 1.29 bits per heavy atom. The van der Waals surface area contributed by atoms with Crippen LogP contribution >= 0.6 is 11.3 Å². The predicted octanol–water partition coefficient (Wildman–Crippen LogP) is 3.67. The molecule has 0 bridgehead atoms. The van der Waals surface area contributed by atoms with E-state index in [4.69, 9.17) is 9.47 Å². The summed E-state index contributed by atoms with van der Waals surface area (Å²) in [4.78, 5) is 40.4. The van der Waals surface area contributed by atoms with Crippen LogP contribution in [0.4, 0.5) is 10.5 Å². The molecule has 8 nitrogen and oxygen atoms in total. The molecular formula is C22H27N3O5S. The number of nitrogens with zero attached hydrogens (tertiary/aromatic N) is 2. The van der Waals surface area contributed by atoms with Crippen LogP contribution in [0.2, 0.25) is 0 Å². The van der Waals surface area contributed by atoms with Crippen LogP contribution in [-0.4, -0.2) is 55.0 Å². The first-order valence-corrected chi connectivity index (χ1v) is 10.8. The number of amides is 3. The quantitative estimate of drug-likeness (QED) is 0.726. The fourth-order valence-electron chi connectivity index (χ4n) is 3.53. The van der Waals surface area contributed by atoms with Crippen LogP contribution in [0, 0.1) is 0 Å². The van der Waals surface area contributed by atoms with Crippen molar-refractivity contribution in [2.45, 2.75) is 32.9 Å². The Kier molecular flexibility index (Phi) is 6.54. The molecule has 0 unspecified atom stereocenters. The molecule has 166 valence electrons. The fraction of sp³-hybridized carbons (Fsp3) is 0.409. The Hall–Kier alpha value is -3.07. The summed E-state index contributed by atoms with van der Waals surface area (Å²) in [6.45, 7) is 6.59. The van der Waals surface area contributed by atoms with E-state index >= 15 is 0 Å². The van der Waals surface area contributed by atoms with Gasteiger partial charge in [-0.25, -0.2) is 9.59 Å². The van der Waals surface area contributed by atoms with Crippen molar-refractivity contribution >= 4 is 34.9 Å². The van der Waals surface area contributed by atoms with Gasteiger partial charge >= 0.3 is 12.0 Å². The largest absolute Gasteiger partial charge is 0.491 e. The highest BCUT2D eigenvalue weighted by molar-refractivity contribution is 7.12. The van der Waals surface area contributed by atoms with Gasteiger partial charge in [0, 0.05) is 26.1 Å². The first kappa shape index (κ1) is 22.6. The first-order valence-electron chi connectivity index (χ1n) is 9.87. The van der Waals surface area contributed by atoms with Crippen molar-refractivity contribution in [1.82, 2.24) is 9.80 Å². The van der Waals surface area contributed by atoms with Crippen LogP contribution in [0.25, 0.3) is 0 Å². The minimum Gasteiger partial charge on any atom is -0.491 e. The highest BCUT2D eigenvalue weighted by Gasteiger charge is 2.37. The normalized spacial score (nSPS) is 14.7. The van der Waals surface area contributed by atoms with Gasteiger partial charge in [0.1, 0.15) is 17.2 Å². The van der Waals surface area contributed by atoms with E-state index in [9.17, 15) is 14.4 Å². The zero-order valence-corrected chi connectivity index (χ0v) is 19.2. The number of esters is 1. The summed E-state index contributed by atoms with van der Waals surface area (Å²) in [5.74, 6) is 0.192. The van der Waals surface area contributed by atoms with Crippen molar-refractivity contribution < 1.29 is 23.9 Å². The number of hydrogen-bond donors (Lipinski definition) is 1. The van der Waals surface area contributed by atoms with E-state index in [1.54, 1.807) is 28.3 Å². The van der Waals surface area contributed by atoms with Gasteiger partial charge in [-0.15, -0.1) is 11.3 Å². The summed E-state index contributed by atoms with van der Waals surface area (Å²) < 4.78 is 10.7. The average Bonchev–Trinajstić information content (AvgIpc) is 3.13. The molecule has 1 aliphatic heterocycles. The molecule has 1 N–H and O–H groups in total. The number of hydrogen-bond acceptors (Lipinski definition) is 6. The second kappa shape index (κ2) is 8.97. The number of anilines is 1. The number of carbonyl (C=O) groups excluding carboxylic acids is 3. The summed E-state index contributed by atoms with van der Waals surface area (Å²) in [5, 5.41) is 4.57. The van der Waals surface area contributed by atoms with Crippen LogP contribution in [0.1, 0.15) is 41.6 Å². The zero-order chi connectivity index (χ0) is 22.8. The molecule has 3 rings (SSSR count). The van der Waals surface area contributed by atoms with Crippen molar-refractivity contribution in [3.63, 3.8) is 0 Å². The number of benzene rings is 1. The maximum Gasteiger partial charge on any atom is 0.350 e. The lowest BCUT2D eigenvalue weighted by Crippen LogP contribution is -2.48. The van der Waals surface area contributed by atoms with Gasteiger partial charge in [-0.2, -0.15) is 0 Å². The lowest BCUT2D eigenvalue weighted by atomic mass is 9.90. The molecule has 3 amide bonds. The standard InChI is InChI=1S/C22H27N3O5S/c1-14(26)24(4)13-15-6-7-18-16(12-15)22(2,3)25(9-10-30-18)21(28)23-17-8-11-31-19(17)20(27)29-5/h6-8,11-12H,9-10,13H2,1-5H3,(H,23,28). The van der Waals surface area contributed by atoms with Gasteiger partial charge in [-0.05, 0) is 43.0 Å². The highest BCUT2D eigenvalue weighted by atomic mass is 32.1. The number of ether oxygens (including phenoxy) is 2. The molecule has 1 aliphatic rings. The van der Waals surface area contributed by atoms with E-state index in [-0.39, 0.29) is 11.9 Å². The molecule has 0 saturated carbocycles. The van der Waals surface area contributed by atoms with Crippen molar-refractivity contribution in [2.75, 3.05) is 32.6 Å². The molecule has 0 spiro atoms. The Labute approximate surface area is 185 Å². The number of methoxy groups -OCH3 is 1. The minimum absolute atomic E-state index is 0.0244. The molecule has 0 atom stereocenters. The van der Waals surface area contributed by atoms with Crippen molar-refractivity contribution in [1.29, 1.82) is 0 Å². The topological polar surface area (TPSA) is 88.2 Å². The Morgan fingerprint density at radius 2 is 2.03 bits per heavy atom. The van der Waals surface area contributed by atoms with E-state index in [2.05, 4.69) is 5.32 Å². The summed E-state index contributed by atoms with van der Waals surface area (Å²) in [5.41, 5.74) is 1.52. The number of fused-ring (bicyclic) bond motifs is 1. The SMILES string of the molecule is COC(=O)c1sccc1NC(=O)N1CCOc2ccc(CN(C)C(C)=O)cc2C1(C)C. The molecule has 0 saturated heterocycles. The van der Waals surface area contributed by atoms with Crippen LogP contribution in [0.3, 0.4) is 0 Å². The number of carbonyl (C=O) groups is 3. The van der Waals surface area contributed by atoms with Gasteiger partial charge in [0.2, 0.25) is 5.91 Å². The fourth-order valence-corrected chi connectivity index (χ4v) is 4.30. The second-order valence-corrected chi connectivity index (χ2v) is 8.77. The summed E-state index contributed by atoms with van der Waals surface area (Å²) >= 11 is 1.21. The zero-order valence-electron chi connectivity index (χ0n) is 18.4. The van der Waals surface area contributed by atoms with Gasteiger partial charge in [0.15, 0.2) is 0 Å². The van der Waals surface area contributed by atoms with Gasteiger partial charge in [-0.1, -0.05) is 6.07 Å². The number of thiophene rings is 1. The first-order chi connectivity index (χ1) is 14.6. The number of urea groups is 1. The lowest BCUT2D eigenvalue weighted by molar-refractivity contribution is -0.128. The molecule has 2 aromatic rings. The molecule has 0 radical (unpaired) electrons. The molecule has 1 aromatic heterocycles. The second-order valence-electron chi connectivity index (χ2n) is 7.85. The number of nitrogens with one attached hydrogen (secondary N) is 1. The molecule has 1 aromatic carbocycles. The van der Waals surface area contributed by atoms with Crippen LogP contribution in [0.15, 0.2) is 29.6 Å². The average molecular weight is 446 g/mol. The van der Waals surface area contributed by atoms with E-state index in [0.29, 0.717) is 36.0 Å². The van der Waals surface area contributed by atoms with E-state index in [1.165, 1.54) is 25.4 Å². The Bertz CT molecular complexity index is 1000. The smallest absolute Gasteiger partial charge is 0.350 e. The molecule has 0 fully saturated rings. The van der Waals surface area contributed by atoms with Crippen molar-refractivity contribution in [3.05, 3.63) is 45.6 Å². The molecule has 0 aliphatic carbocycles. The third-order valence-corrected chi connectivity index (χ3v) is 6.32. The molecule has 9 heteroatoms. The molecule has 31 heavy (non-hydrogen) atoms. The van der Waals surface area contributed by atoms with Crippen molar-refractivity contribution in [2.24, 2.45) is 0 Å². The van der Waals surface area contributed by atoms with E-state index in [1.807, 2.05) is 32.0 Å². The van der Waals surface area contributed by atoms with Crippen LogP contribution < -0.4 is 10.1 Å². The maximum atomic E-state index is 13.2. The summed E-state index contributed by atoms with van der Waals surface area (Å²) in [6.07, 6.45) is 0. The summed E-state index contributed by atoms with van der Waals surface area (Å²) in [7, 11) is 3.05. The summed E-state index contributed by atoms with van der Waals surface area (Å²) in [6, 6.07) is 7.13. The van der Waals surface area contributed by atoms with Crippen LogP contribution in [0.5, 0.6) is 5.75 Å². The predicted molar refractivity (Wildman–Crippen MR) is 118 cm³/mol. The van der Waals surface area contributed by atoms with E-state index in [0.717, 1.165) is 11.1 Å². The molecule has 2 heterocycles. The Balaban J connectivity index is 1.89. The Morgan fingerprint density at radius 3 is 2.71 bits per heavy atom.